The van der Waals surface area contributed by atoms with Crippen molar-refractivity contribution in [2.75, 3.05) is 6.61 Å². The van der Waals surface area contributed by atoms with Crippen molar-refractivity contribution in [2.24, 2.45) is 23.2 Å². The first-order valence-corrected chi connectivity index (χ1v) is 9.50. The average molecular weight is 292 g/mol. The van der Waals surface area contributed by atoms with Crippen LogP contribution in [-0.4, -0.2) is 23.9 Å². The summed E-state index contributed by atoms with van der Waals surface area (Å²) in [5.74, 6) is 3.03. The summed E-state index contributed by atoms with van der Waals surface area (Å²) in [4.78, 5) is 0. The first kappa shape index (κ1) is 14.5. The molecule has 2 heteroatoms. The van der Waals surface area contributed by atoms with Crippen LogP contribution in [0.25, 0.3) is 0 Å². The van der Waals surface area contributed by atoms with E-state index >= 15 is 0 Å². The second-order valence-electron chi connectivity index (χ2n) is 8.84. The van der Waals surface area contributed by atoms with Gasteiger partial charge in [-0.05, 0) is 100 Å². The molecule has 2 atom stereocenters. The Kier molecular flexibility index (Phi) is 4.04. The molecule has 120 valence electrons. The summed E-state index contributed by atoms with van der Waals surface area (Å²) < 4.78 is 5.69. The highest BCUT2D eigenvalue weighted by Crippen LogP contribution is 2.61. The van der Waals surface area contributed by atoms with Gasteiger partial charge in [-0.2, -0.15) is 0 Å². The molecule has 0 amide bonds. The number of hydrogen-bond donors (Lipinski definition) is 1. The average Bonchev–Trinajstić information content (AvgIpc) is 2.89. The van der Waals surface area contributed by atoms with Gasteiger partial charge in [0.05, 0.1) is 12.2 Å². The summed E-state index contributed by atoms with van der Waals surface area (Å²) in [5, 5.41) is 10.5. The van der Waals surface area contributed by atoms with Crippen molar-refractivity contribution in [1.29, 1.82) is 0 Å². The van der Waals surface area contributed by atoms with Crippen LogP contribution in [0.2, 0.25) is 0 Å². The number of hydrogen-bond acceptors (Lipinski definition) is 2. The molecule has 2 unspecified atom stereocenters. The topological polar surface area (TPSA) is 29.5 Å². The van der Waals surface area contributed by atoms with Gasteiger partial charge < -0.3 is 9.84 Å². The summed E-state index contributed by atoms with van der Waals surface area (Å²) in [6.45, 7) is 0.959. The van der Waals surface area contributed by atoms with E-state index in [9.17, 15) is 5.11 Å². The molecule has 0 spiro atoms. The SMILES string of the molecule is OC(CCCC1CCCO1)CC12CC3CC(CC(C3)C1)C2. The van der Waals surface area contributed by atoms with Crippen LogP contribution in [-0.2, 0) is 4.74 Å². The van der Waals surface area contributed by atoms with Gasteiger partial charge >= 0.3 is 0 Å². The highest BCUT2D eigenvalue weighted by atomic mass is 16.5. The fourth-order valence-corrected chi connectivity index (χ4v) is 6.60. The highest BCUT2D eigenvalue weighted by molar-refractivity contribution is 5.02. The first-order chi connectivity index (χ1) is 10.2. The zero-order chi connectivity index (χ0) is 14.3. The Morgan fingerprint density at radius 3 is 2.29 bits per heavy atom. The summed E-state index contributed by atoms with van der Waals surface area (Å²) in [5.41, 5.74) is 0.540. The van der Waals surface area contributed by atoms with Gasteiger partial charge in [0.1, 0.15) is 0 Å². The van der Waals surface area contributed by atoms with Gasteiger partial charge in [-0.3, -0.25) is 0 Å². The molecule has 0 aromatic carbocycles. The molecule has 4 bridgehead atoms. The first-order valence-electron chi connectivity index (χ1n) is 9.50. The van der Waals surface area contributed by atoms with Crippen molar-refractivity contribution in [2.45, 2.75) is 89.3 Å². The van der Waals surface area contributed by atoms with E-state index in [2.05, 4.69) is 0 Å². The van der Waals surface area contributed by atoms with Crippen molar-refractivity contribution in [3.05, 3.63) is 0 Å². The molecule has 21 heavy (non-hydrogen) atoms. The molecule has 0 aromatic heterocycles. The van der Waals surface area contributed by atoms with Crippen molar-refractivity contribution >= 4 is 0 Å². The molecule has 0 aromatic rings. The summed E-state index contributed by atoms with van der Waals surface area (Å²) in [7, 11) is 0. The Hall–Kier alpha value is -0.0800. The molecule has 1 saturated heterocycles. The van der Waals surface area contributed by atoms with Crippen LogP contribution >= 0.6 is 0 Å². The zero-order valence-electron chi connectivity index (χ0n) is 13.4. The van der Waals surface area contributed by atoms with Crippen molar-refractivity contribution in [3.8, 4) is 0 Å². The van der Waals surface area contributed by atoms with Gasteiger partial charge in [-0.15, -0.1) is 0 Å². The molecule has 0 radical (unpaired) electrons. The maximum Gasteiger partial charge on any atom is 0.0576 e. The molecule has 1 N–H and O–H groups in total. The minimum Gasteiger partial charge on any atom is -0.393 e. The van der Waals surface area contributed by atoms with E-state index in [1.165, 1.54) is 51.4 Å². The van der Waals surface area contributed by atoms with Gasteiger partial charge in [-0.1, -0.05) is 0 Å². The lowest BCUT2D eigenvalue weighted by atomic mass is 9.48. The largest absolute Gasteiger partial charge is 0.393 e. The van der Waals surface area contributed by atoms with Gasteiger partial charge in [0.2, 0.25) is 0 Å². The summed E-state index contributed by atoms with van der Waals surface area (Å²) in [6, 6.07) is 0. The van der Waals surface area contributed by atoms with Crippen molar-refractivity contribution < 1.29 is 9.84 Å². The van der Waals surface area contributed by atoms with Gasteiger partial charge in [0.25, 0.3) is 0 Å². The van der Waals surface area contributed by atoms with Crippen LogP contribution < -0.4 is 0 Å². The predicted molar refractivity (Wildman–Crippen MR) is 84.1 cm³/mol. The number of aliphatic hydroxyl groups excluding tert-OH is 1. The van der Waals surface area contributed by atoms with E-state index in [1.54, 1.807) is 0 Å². The van der Waals surface area contributed by atoms with E-state index in [4.69, 9.17) is 4.74 Å². The lowest BCUT2D eigenvalue weighted by Crippen LogP contribution is -2.47. The van der Waals surface area contributed by atoms with Crippen molar-refractivity contribution in [1.82, 2.24) is 0 Å². The van der Waals surface area contributed by atoms with E-state index in [0.717, 1.165) is 50.0 Å². The zero-order valence-corrected chi connectivity index (χ0v) is 13.4. The normalized spacial score (nSPS) is 46.1. The number of rotatable bonds is 6. The quantitative estimate of drug-likeness (QED) is 0.790. The van der Waals surface area contributed by atoms with E-state index < -0.39 is 0 Å². The van der Waals surface area contributed by atoms with E-state index in [-0.39, 0.29) is 6.10 Å². The third-order valence-electron chi connectivity index (χ3n) is 6.92. The molecule has 1 heterocycles. The predicted octanol–water partition coefficient (Wildman–Crippen LogP) is 4.30. The van der Waals surface area contributed by atoms with Gasteiger partial charge in [0, 0.05) is 6.61 Å². The minimum absolute atomic E-state index is 0.0531. The molecule has 5 rings (SSSR count). The molecule has 4 saturated carbocycles. The number of aliphatic hydroxyl groups is 1. The Labute approximate surface area is 129 Å². The molecule has 5 aliphatic rings. The Bertz CT molecular complexity index is 323. The summed E-state index contributed by atoms with van der Waals surface area (Å²) in [6.07, 6.45) is 16.2. The van der Waals surface area contributed by atoms with Crippen LogP contribution in [0, 0.1) is 23.2 Å². The lowest BCUT2D eigenvalue weighted by molar-refractivity contribution is -0.0770. The maximum absolute atomic E-state index is 10.5. The van der Waals surface area contributed by atoms with Crippen LogP contribution in [0.5, 0.6) is 0 Å². The lowest BCUT2D eigenvalue weighted by Gasteiger charge is -2.57. The van der Waals surface area contributed by atoms with Gasteiger partial charge in [-0.25, -0.2) is 0 Å². The van der Waals surface area contributed by atoms with E-state index in [0.29, 0.717) is 11.5 Å². The van der Waals surface area contributed by atoms with Crippen LogP contribution in [0.1, 0.15) is 77.0 Å². The van der Waals surface area contributed by atoms with Crippen LogP contribution in [0.3, 0.4) is 0 Å². The summed E-state index contributed by atoms with van der Waals surface area (Å²) >= 11 is 0. The molecular weight excluding hydrogens is 260 g/mol. The second-order valence-corrected chi connectivity index (χ2v) is 8.84. The molecular formula is C19H32O2. The Morgan fingerprint density at radius 1 is 1.05 bits per heavy atom. The molecule has 2 nitrogen and oxygen atoms in total. The monoisotopic (exact) mass is 292 g/mol. The Balaban J connectivity index is 1.25. The Morgan fingerprint density at radius 2 is 1.71 bits per heavy atom. The fourth-order valence-electron chi connectivity index (χ4n) is 6.60. The van der Waals surface area contributed by atoms with Crippen molar-refractivity contribution in [3.63, 3.8) is 0 Å². The van der Waals surface area contributed by atoms with Crippen LogP contribution in [0.15, 0.2) is 0 Å². The van der Waals surface area contributed by atoms with Crippen LogP contribution in [0.4, 0.5) is 0 Å². The molecule has 4 aliphatic carbocycles. The standard InChI is InChI=1S/C19H32O2/c20-17(3-1-4-18-5-2-6-21-18)13-19-10-14-7-15(11-19)9-16(8-14)12-19/h14-18,20H,1-13H2. The van der Waals surface area contributed by atoms with Gasteiger partial charge in [0.15, 0.2) is 0 Å². The minimum atomic E-state index is -0.0531. The highest BCUT2D eigenvalue weighted by Gasteiger charge is 2.51. The third-order valence-corrected chi connectivity index (χ3v) is 6.92. The third kappa shape index (κ3) is 3.17. The molecule has 5 fully saturated rings. The second kappa shape index (κ2) is 5.85. The van der Waals surface area contributed by atoms with E-state index in [1.807, 2.05) is 0 Å². The smallest absolute Gasteiger partial charge is 0.0576 e. The number of ether oxygens (including phenoxy) is 1. The maximum atomic E-state index is 10.5. The molecule has 1 aliphatic heterocycles. The fraction of sp³-hybridized carbons (Fsp3) is 1.00.